The first-order chi connectivity index (χ1) is 10.2. The van der Waals surface area contributed by atoms with Crippen LogP contribution in [-0.2, 0) is 4.79 Å². The highest BCUT2D eigenvalue weighted by atomic mass is 35.5. The second-order valence-corrected chi connectivity index (χ2v) is 6.63. The number of amides is 1. The van der Waals surface area contributed by atoms with Crippen LogP contribution in [0, 0.1) is 0 Å². The smallest absolute Gasteiger partial charge is 0.235 e. The number of halogens is 1. The van der Waals surface area contributed by atoms with Gasteiger partial charge in [0, 0.05) is 12.7 Å². The normalized spacial score (nSPS) is 10.4. The van der Waals surface area contributed by atoms with E-state index in [1.807, 2.05) is 0 Å². The summed E-state index contributed by atoms with van der Waals surface area (Å²) in [6, 6.07) is 3.33. The molecule has 0 unspecified atom stereocenters. The van der Waals surface area contributed by atoms with Gasteiger partial charge in [0.25, 0.3) is 0 Å². The number of nitrogens with zero attached hydrogens (tertiary/aromatic N) is 3. The summed E-state index contributed by atoms with van der Waals surface area (Å²) in [5.74, 6) is 0.591. The Balaban J connectivity index is 1.78. The Labute approximate surface area is 135 Å². The van der Waals surface area contributed by atoms with Crippen LogP contribution in [0.5, 0.6) is 0 Å². The van der Waals surface area contributed by atoms with Crippen molar-refractivity contribution in [3.05, 3.63) is 23.4 Å². The minimum Gasteiger partial charge on any atom is -0.360 e. The van der Waals surface area contributed by atoms with Gasteiger partial charge in [0.05, 0.1) is 10.8 Å². The van der Waals surface area contributed by atoms with Gasteiger partial charge in [-0.1, -0.05) is 41.6 Å². The molecule has 2 rings (SSSR count). The van der Waals surface area contributed by atoms with E-state index in [1.165, 1.54) is 29.3 Å². The van der Waals surface area contributed by atoms with Gasteiger partial charge in [-0.2, -0.15) is 0 Å². The molecule has 6 nitrogen and oxygen atoms in total. The van der Waals surface area contributed by atoms with Crippen molar-refractivity contribution in [2.75, 3.05) is 22.9 Å². The Hall–Kier alpha value is -1.38. The molecule has 9 heteroatoms. The Kier molecular flexibility index (Phi) is 6.21. The molecule has 1 amide bonds. The first kappa shape index (κ1) is 16.0. The standard InChI is InChI=1S/C12H14ClN5OS2/c1-2-5-14-11-17-18-12(21-11)20-7-10(19)16-9-4-3-8(13)6-15-9/h3-4,6H,2,5,7H2,1H3,(H,14,17)(H,15,16,19). The van der Waals surface area contributed by atoms with Gasteiger partial charge >= 0.3 is 0 Å². The van der Waals surface area contributed by atoms with Crippen LogP contribution in [0.4, 0.5) is 10.9 Å². The molecule has 0 fully saturated rings. The van der Waals surface area contributed by atoms with Crippen molar-refractivity contribution in [2.45, 2.75) is 17.7 Å². The van der Waals surface area contributed by atoms with E-state index in [0.29, 0.717) is 10.8 Å². The number of thioether (sulfide) groups is 1. The molecular formula is C12H14ClN5OS2. The zero-order valence-electron chi connectivity index (χ0n) is 11.3. The lowest BCUT2D eigenvalue weighted by Crippen LogP contribution is -2.14. The van der Waals surface area contributed by atoms with E-state index in [1.54, 1.807) is 12.1 Å². The molecule has 2 heterocycles. The largest absolute Gasteiger partial charge is 0.360 e. The van der Waals surface area contributed by atoms with Crippen molar-refractivity contribution in [3.63, 3.8) is 0 Å². The predicted molar refractivity (Wildman–Crippen MR) is 87.3 cm³/mol. The lowest BCUT2D eigenvalue weighted by Gasteiger charge is -2.02. The second kappa shape index (κ2) is 8.16. The number of hydrogen-bond acceptors (Lipinski definition) is 7. The summed E-state index contributed by atoms with van der Waals surface area (Å²) in [6.07, 6.45) is 2.51. The maximum atomic E-state index is 11.8. The predicted octanol–water partition coefficient (Wildman–Crippen LogP) is 3.14. The van der Waals surface area contributed by atoms with Crippen molar-refractivity contribution < 1.29 is 4.79 Å². The molecule has 0 bridgehead atoms. The molecule has 0 aliphatic carbocycles. The van der Waals surface area contributed by atoms with Crippen LogP contribution in [0.25, 0.3) is 0 Å². The van der Waals surface area contributed by atoms with Gasteiger partial charge < -0.3 is 10.6 Å². The number of nitrogens with one attached hydrogen (secondary N) is 2. The van der Waals surface area contributed by atoms with Crippen LogP contribution in [0.3, 0.4) is 0 Å². The summed E-state index contributed by atoms with van der Waals surface area (Å²) >= 11 is 8.51. The number of carbonyl (C=O) groups excluding carboxylic acids is 1. The average molecular weight is 344 g/mol. The zero-order chi connectivity index (χ0) is 15.1. The van der Waals surface area contributed by atoms with Gasteiger partial charge in [0.15, 0.2) is 4.34 Å². The maximum Gasteiger partial charge on any atom is 0.235 e. The highest BCUT2D eigenvalue weighted by molar-refractivity contribution is 8.01. The van der Waals surface area contributed by atoms with Crippen molar-refractivity contribution in [1.82, 2.24) is 15.2 Å². The van der Waals surface area contributed by atoms with Gasteiger partial charge in [-0.15, -0.1) is 10.2 Å². The highest BCUT2D eigenvalue weighted by Crippen LogP contribution is 2.25. The van der Waals surface area contributed by atoms with E-state index < -0.39 is 0 Å². The maximum absolute atomic E-state index is 11.8. The number of carbonyl (C=O) groups is 1. The fourth-order valence-corrected chi connectivity index (χ4v) is 3.02. The fraction of sp³-hybridized carbons (Fsp3) is 0.333. The number of hydrogen-bond donors (Lipinski definition) is 2. The Morgan fingerprint density at radius 2 is 2.29 bits per heavy atom. The Morgan fingerprint density at radius 3 is 3.00 bits per heavy atom. The zero-order valence-corrected chi connectivity index (χ0v) is 13.7. The van der Waals surface area contributed by atoms with E-state index >= 15 is 0 Å². The third-order valence-electron chi connectivity index (χ3n) is 2.25. The monoisotopic (exact) mass is 343 g/mol. The summed E-state index contributed by atoms with van der Waals surface area (Å²) in [4.78, 5) is 15.8. The molecular weight excluding hydrogens is 330 g/mol. The first-order valence-corrected chi connectivity index (χ1v) is 8.47. The van der Waals surface area contributed by atoms with Crippen molar-refractivity contribution >= 4 is 51.6 Å². The van der Waals surface area contributed by atoms with Crippen LogP contribution in [0.15, 0.2) is 22.7 Å². The quantitative estimate of drug-likeness (QED) is 0.752. The van der Waals surface area contributed by atoms with Crippen molar-refractivity contribution in [3.8, 4) is 0 Å². The van der Waals surface area contributed by atoms with E-state index in [9.17, 15) is 4.79 Å². The minimum absolute atomic E-state index is 0.145. The number of rotatable bonds is 7. The van der Waals surface area contributed by atoms with Crippen LogP contribution >= 0.6 is 34.7 Å². The molecule has 2 aromatic heterocycles. The van der Waals surface area contributed by atoms with Crippen LogP contribution in [-0.4, -0.2) is 33.4 Å². The van der Waals surface area contributed by atoms with Crippen LogP contribution in [0.2, 0.25) is 5.02 Å². The first-order valence-electron chi connectivity index (χ1n) is 6.29. The van der Waals surface area contributed by atoms with E-state index in [0.717, 1.165) is 22.4 Å². The third kappa shape index (κ3) is 5.49. The lowest BCUT2D eigenvalue weighted by molar-refractivity contribution is -0.113. The van der Waals surface area contributed by atoms with E-state index in [4.69, 9.17) is 11.6 Å². The molecule has 0 saturated carbocycles. The van der Waals surface area contributed by atoms with Gasteiger partial charge in [-0.25, -0.2) is 4.98 Å². The van der Waals surface area contributed by atoms with Crippen LogP contribution < -0.4 is 10.6 Å². The molecule has 0 aliphatic rings. The lowest BCUT2D eigenvalue weighted by atomic mass is 10.4. The topological polar surface area (TPSA) is 79.8 Å². The van der Waals surface area contributed by atoms with Gasteiger partial charge in [-0.05, 0) is 18.6 Å². The number of anilines is 2. The fourth-order valence-electron chi connectivity index (χ4n) is 1.33. The van der Waals surface area contributed by atoms with Crippen molar-refractivity contribution in [1.29, 1.82) is 0 Å². The molecule has 2 aromatic rings. The minimum atomic E-state index is -0.145. The number of pyridine rings is 1. The summed E-state index contributed by atoms with van der Waals surface area (Å²) in [6.45, 7) is 2.95. The van der Waals surface area contributed by atoms with E-state index in [-0.39, 0.29) is 11.7 Å². The highest BCUT2D eigenvalue weighted by Gasteiger charge is 2.08. The molecule has 112 valence electrons. The molecule has 0 aromatic carbocycles. The van der Waals surface area contributed by atoms with Crippen LogP contribution in [0.1, 0.15) is 13.3 Å². The molecule has 0 atom stereocenters. The summed E-state index contributed by atoms with van der Waals surface area (Å²) < 4.78 is 0.757. The Bertz CT molecular complexity index is 590. The summed E-state index contributed by atoms with van der Waals surface area (Å²) in [5, 5.41) is 15.2. The third-order valence-corrected chi connectivity index (χ3v) is 4.49. The average Bonchev–Trinajstić information content (AvgIpc) is 2.93. The summed E-state index contributed by atoms with van der Waals surface area (Å²) in [5.41, 5.74) is 0. The van der Waals surface area contributed by atoms with Crippen molar-refractivity contribution in [2.24, 2.45) is 0 Å². The van der Waals surface area contributed by atoms with Gasteiger partial charge in [-0.3, -0.25) is 4.79 Å². The molecule has 0 spiro atoms. The number of aromatic nitrogens is 3. The summed E-state index contributed by atoms with van der Waals surface area (Å²) in [7, 11) is 0. The molecule has 21 heavy (non-hydrogen) atoms. The molecule has 0 aliphatic heterocycles. The SMILES string of the molecule is CCCNc1nnc(SCC(=O)Nc2ccc(Cl)cn2)s1. The van der Waals surface area contributed by atoms with E-state index in [2.05, 4.69) is 32.7 Å². The van der Waals surface area contributed by atoms with Gasteiger partial charge in [0.1, 0.15) is 5.82 Å². The van der Waals surface area contributed by atoms with Gasteiger partial charge in [0.2, 0.25) is 11.0 Å². The molecule has 0 saturated heterocycles. The molecule has 2 N–H and O–H groups in total. The molecule has 0 radical (unpaired) electrons. The second-order valence-electron chi connectivity index (χ2n) is 4.00. The Morgan fingerprint density at radius 1 is 1.43 bits per heavy atom.